The summed E-state index contributed by atoms with van der Waals surface area (Å²) >= 11 is 0. The predicted octanol–water partition coefficient (Wildman–Crippen LogP) is 2.86. The quantitative estimate of drug-likeness (QED) is 0.324. The van der Waals surface area contributed by atoms with Gasteiger partial charge in [0.1, 0.15) is 11.6 Å². The lowest BCUT2D eigenvalue weighted by molar-refractivity contribution is -0.127. The molecule has 168 valence electrons. The molecule has 0 aromatic rings. The number of ether oxygens (including phenoxy) is 1. The van der Waals surface area contributed by atoms with E-state index in [-0.39, 0.29) is 48.2 Å². The molecule has 0 radical (unpaired) electrons. The molecule has 0 rings (SSSR count). The highest BCUT2D eigenvalue weighted by Gasteiger charge is 2.22. The number of ketones is 3. The molecule has 0 amide bonds. The number of methoxy groups -OCH3 is 1. The normalized spacial score (nSPS) is 14.6. The molecule has 0 heterocycles. The first kappa shape index (κ1) is 27.6. The molecule has 3 atom stereocenters. The van der Waals surface area contributed by atoms with Gasteiger partial charge in [0, 0.05) is 44.5 Å². The number of rotatable bonds is 18. The lowest BCUT2D eigenvalue weighted by Gasteiger charge is -2.28. The van der Waals surface area contributed by atoms with Crippen LogP contribution in [-0.2, 0) is 19.1 Å². The smallest absolute Gasteiger partial charge is 0.153 e. The Hall–Kier alpha value is -1.37. The predicted molar refractivity (Wildman–Crippen MR) is 118 cm³/mol. The van der Waals surface area contributed by atoms with Gasteiger partial charge in [-0.2, -0.15) is 0 Å². The maximum Gasteiger partial charge on any atom is 0.153 e. The molecule has 0 aromatic heterocycles. The first-order chi connectivity index (χ1) is 13.7. The molecule has 0 fully saturated rings. The third-order valence-electron chi connectivity index (χ3n) is 5.67. The van der Waals surface area contributed by atoms with Gasteiger partial charge >= 0.3 is 0 Å². The SMILES string of the molecule is C=CC(C)C(=O)CN(CCN(CCOC)CC(=O)C(C)CC)CC(=O)C(C)CC. The summed E-state index contributed by atoms with van der Waals surface area (Å²) in [6.07, 6.45) is 3.24. The molecule has 29 heavy (non-hydrogen) atoms. The van der Waals surface area contributed by atoms with Gasteiger partial charge in [-0.15, -0.1) is 6.58 Å². The topological polar surface area (TPSA) is 66.9 Å². The summed E-state index contributed by atoms with van der Waals surface area (Å²) in [7, 11) is 1.64. The van der Waals surface area contributed by atoms with Crippen molar-refractivity contribution in [1.82, 2.24) is 9.80 Å². The minimum absolute atomic E-state index is 0.0261. The summed E-state index contributed by atoms with van der Waals surface area (Å²) in [5.74, 6) is 0.163. The van der Waals surface area contributed by atoms with Crippen LogP contribution in [0, 0.1) is 17.8 Å². The van der Waals surface area contributed by atoms with Crippen molar-refractivity contribution in [1.29, 1.82) is 0 Å². The molecule has 0 bridgehead atoms. The molecular formula is C23H42N2O4. The van der Waals surface area contributed by atoms with Crippen molar-refractivity contribution < 1.29 is 19.1 Å². The minimum atomic E-state index is -0.243. The molecule has 0 aliphatic heterocycles. The molecule has 0 N–H and O–H groups in total. The molecule has 0 saturated heterocycles. The molecule has 6 heteroatoms. The molecule has 0 saturated carbocycles. The van der Waals surface area contributed by atoms with Gasteiger partial charge in [-0.3, -0.25) is 24.2 Å². The van der Waals surface area contributed by atoms with Crippen molar-refractivity contribution in [3.63, 3.8) is 0 Å². The molecule has 3 unspecified atom stereocenters. The molecule has 0 spiro atoms. The van der Waals surface area contributed by atoms with Crippen molar-refractivity contribution >= 4 is 17.3 Å². The Balaban J connectivity index is 5.11. The first-order valence-corrected chi connectivity index (χ1v) is 10.8. The molecule has 0 aliphatic carbocycles. The Labute approximate surface area is 177 Å². The third kappa shape index (κ3) is 11.4. The number of hydrogen-bond acceptors (Lipinski definition) is 6. The van der Waals surface area contributed by atoms with E-state index in [2.05, 4.69) is 11.5 Å². The molecular weight excluding hydrogens is 368 g/mol. The molecule has 6 nitrogen and oxygen atoms in total. The van der Waals surface area contributed by atoms with Crippen LogP contribution >= 0.6 is 0 Å². The number of carbonyl (C=O) groups is 3. The Bertz CT molecular complexity index is 521. The average molecular weight is 411 g/mol. The van der Waals surface area contributed by atoms with Gasteiger partial charge in [0.15, 0.2) is 5.78 Å². The highest BCUT2D eigenvalue weighted by atomic mass is 16.5. The number of allylic oxidation sites excluding steroid dienone is 1. The van der Waals surface area contributed by atoms with E-state index in [0.29, 0.717) is 32.8 Å². The van der Waals surface area contributed by atoms with Gasteiger partial charge in [0.05, 0.1) is 26.2 Å². The van der Waals surface area contributed by atoms with E-state index in [0.717, 1.165) is 12.8 Å². The maximum absolute atomic E-state index is 12.5. The van der Waals surface area contributed by atoms with Crippen LogP contribution < -0.4 is 0 Å². The molecule has 0 aromatic carbocycles. The summed E-state index contributed by atoms with van der Waals surface area (Å²) in [5.41, 5.74) is 0. The van der Waals surface area contributed by atoms with Crippen LogP contribution in [0.25, 0.3) is 0 Å². The van der Waals surface area contributed by atoms with Crippen molar-refractivity contribution in [2.75, 3.05) is 53.0 Å². The van der Waals surface area contributed by atoms with Crippen LogP contribution in [-0.4, -0.2) is 80.1 Å². The summed E-state index contributed by atoms with van der Waals surface area (Å²) in [6.45, 7) is 16.5. The van der Waals surface area contributed by atoms with E-state index < -0.39 is 0 Å². The van der Waals surface area contributed by atoms with Gasteiger partial charge < -0.3 is 4.74 Å². The van der Waals surface area contributed by atoms with Crippen LogP contribution in [0.2, 0.25) is 0 Å². The van der Waals surface area contributed by atoms with Crippen molar-refractivity contribution in [3.8, 4) is 0 Å². The highest BCUT2D eigenvalue weighted by Crippen LogP contribution is 2.08. The monoisotopic (exact) mass is 410 g/mol. The second-order valence-electron chi connectivity index (χ2n) is 8.02. The summed E-state index contributed by atoms with van der Waals surface area (Å²) in [6, 6.07) is 0. The maximum atomic E-state index is 12.5. The zero-order valence-corrected chi connectivity index (χ0v) is 19.4. The zero-order chi connectivity index (χ0) is 22.4. The van der Waals surface area contributed by atoms with Crippen LogP contribution in [0.5, 0.6) is 0 Å². The van der Waals surface area contributed by atoms with Crippen molar-refractivity contribution in [2.24, 2.45) is 17.8 Å². The fourth-order valence-corrected chi connectivity index (χ4v) is 2.69. The van der Waals surface area contributed by atoms with Crippen LogP contribution in [0.15, 0.2) is 12.7 Å². The Kier molecular flexibility index (Phi) is 14.7. The van der Waals surface area contributed by atoms with E-state index in [1.165, 1.54) is 0 Å². The fourth-order valence-electron chi connectivity index (χ4n) is 2.69. The van der Waals surface area contributed by atoms with Crippen LogP contribution in [0.3, 0.4) is 0 Å². The standard InChI is InChI=1S/C23H42N2O4/c1-8-18(4)21(26)15-24(13-14-29-7)11-12-25(16-22(27)19(5)9-2)17-23(28)20(6)10-3/h9,18-20H,2,8,10-17H2,1,3-7H3. The first-order valence-electron chi connectivity index (χ1n) is 10.8. The van der Waals surface area contributed by atoms with E-state index in [1.54, 1.807) is 13.2 Å². The zero-order valence-electron chi connectivity index (χ0n) is 19.4. The van der Waals surface area contributed by atoms with E-state index in [4.69, 9.17) is 4.74 Å². The highest BCUT2D eigenvalue weighted by molar-refractivity contribution is 5.86. The largest absolute Gasteiger partial charge is 0.383 e. The van der Waals surface area contributed by atoms with Crippen molar-refractivity contribution in [2.45, 2.75) is 47.5 Å². The summed E-state index contributed by atoms with van der Waals surface area (Å²) in [4.78, 5) is 41.2. The fraction of sp³-hybridized carbons (Fsp3) is 0.783. The van der Waals surface area contributed by atoms with Crippen molar-refractivity contribution in [3.05, 3.63) is 12.7 Å². The second kappa shape index (κ2) is 15.5. The number of Topliss-reactive ketones (excluding diaryl/α,β-unsaturated/α-hetero) is 3. The lowest BCUT2D eigenvalue weighted by Crippen LogP contribution is -2.44. The number of hydrogen-bond donors (Lipinski definition) is 0. The van der Waals surface area contributed by atoms with Gasteiger partial charge in [-0.05, 0) is 12.8 Å². The van der Waals surface area contributed by atoms with Crippen LogP contribution in [0.1, 0.15) is 47.5 Å². The van der Waals surface area contributed by atoms with Crippen LogP contribution in [0.4, 0.5) is 0 Å². The van der Waals surface area contributed by atoms with E-state index in [9.17, 15) is 14.4 Å². The van der Waals surface area contributed by atoms with E-state index >= 15 is 0 Å². The van der Waals surface area contributed by atoms with Gasteiger partial charge in [0.25, 0.3) is 0 Å². The van der Waals surface area contributed by atoms with Gasteiger partial charge in [-0.25, -0.2) is 0 Å². The summed E-state index contributed by atoms with van der Waals surface area (Å²) in [5, 5.41) is 0. The second-order valence-corrected chi connectivity index (χ2v) is 8.02. The third-order valence-corrected chi connectivity index (χ3v) is 5.67. The lowest BCUT2D eigenvalue weighted by atomic mass is 10.0. The Morgan fingerprint density at radius 3 is 1.72 bits per heavy atom. The van der Waals surface area contributed by atoms with Gasteiger partial charge in [-0.1, -0.05) is 40.7 Å². The Morgan fingerprint density at radius 2 is 1.28 bits per heavy atom. The molecule has 0 aliphatic rings. The average Bonchev–Trinajstić information content (AvgIpc) is 2.72. The number of carbonyl (C=O) groups excluding carboxylic acids is 3. The number of nitrogens with zero attached hydrogens (tertiary/aromatic N) is 2. The minimum Gasteiger partial charge on any atom is -0.383 e. The van der Waals surface area contributed by atoms with E-state index in [1.807, 2.05) is 39.5 Å². The summed E-state index contributed by atoms with van der Waals surface area (Å²) < 4.78 is 5.18. The Morgan fingerprint density at radius 1 is 0.828 bits per heavy atom. The van der Waals surface area contributed by atoms with Gasteiger partial charge in [0.2, 0.25) is 0 Å².